The third kappa shape index (κ3) is 2.37. The summed E-state index contributed by atoms with van der Waals surface area (Å²) < 4.78 is 16.0. The van der Waals surface area contributed by atoms with E-state index in [0.717, 1.165) is 11.3 Å². The summed E-state index contributed by atoms with van der Waals surface area (Å²) in [7, 11) is 0. The summed E-state index contributed by atoms with van der Waals surface area (Å²) in [4.78, 5) is 12.2. The van der Waals surface area contributed by atoms with Crippen molar-refractivity contribution >= 4 is 23.3 Å². The summed E-state index contributed by atoms with van der Waals surface area (Å²) in [5.74, 6) is -0.508. The lowest BCUT2D eigenvalue weighted by molar-refractivity contribution is -0.116. The maximum Gasteiger partial charge on any atom is 0.226 e. The van der Waals surface area contributed by atoms with Gasteiger partial charge in [0.1, 0.15) is 11.6 Å². The van der Waals surface area contributed by atoms with Crippen molar-refractivity contribution in [2.24, 2.45) is 0 Å². The van der Waals surface area contributed by atoms with Gasteiger partial charge in [-0.05, 0) is 24.3 Å². The molecule has 0 aliphatic carbocycles. The Labute approximate surface area is 142 Å². The zero-order valence-electron chi connectivity index (χ0n) is 12.5. The van der Waals surface area contributed by atoms with Gasteiger partial charge in [0.05, 0.1) is 11.9 Å². The van der Waals surface area contributed by atoms with Gasteiger partial charge in [0.25, 0.3) is 0 Å². The van der Waals surface area contributed by atoms with E-state index in [1.54, 1.807) is 23.0 Å². The maximum atomic E-state index is 14.3. The molecule has 1 atom stereocenters. The average molecular weight is 342 g/mol. The molecule has 0 bridgehead atoms. The lowest BCUT2D eigenvalue weighted by atomic mass is 9.87. The number of aromatic nitrogens is 2. The Bertz CT molecular complexity index is 903. The number of hydrogen-bond acceptors (Lipinski definition) is 2. The number of para-hydroxylation sites is 1. The predicted octanol–water partition coefficient (Wildman–Crippen LogP) is 4.14. The van der Waals surface area contributed by atoms with Crippen LogP contribution in [0, 0.1) is 5.82 Å². The summed E-state index contributed by atoms with van der Waals surface area (Å²) >= 11 is 6.20. The third-order valence-electron chi connectivity index (χ3n) is 4.17. The summed E-state index contributed by atoms with van der Waals surface area (Å²) in [5.41, 5.74) is 1.91. The first kappa shape index (κ1) is 14.9. The highest BCUT2D eigenvalue weighted by Crippen LogP contribution is 2.41. The van der Waals surface area contributed by atoms with Crippen molar-refractivity contribution in [2.75, 3.05) is 5.32 Å². The summed E-state index contributed by atoms with van der Waals surface area (Å²) in [6.07, 6.45) is 1.79. The van der Waals surface area contributed by atoms with E-state index in [0.29, 0.717) is 16.4 Å². The number of benzene rings is 2. The van der Waals surface area contributed by atoms with Crippen LogP contribution in [0.15, 0.2) is 54.7 Å². The molecule has 2 heterocycles. The van der Waals surface area contributed by atoms with Gasteiger partial charge in [-0.3, -0.25) is 4.79 Å². The zero-order valence-corrected chi connectivity index (χ0v) is 13.3. The van der Waals surface area contributed by atoms with Gasteiger partial charge in [-0.15, -0.1) is 0 Å². The van der Waals surface area contributed by atoms with Crippen LogP contribution in [0.5, 0.6) is 0 Å². The highest BCUT2D eigenvalue weighted by molar-refractivity contribution is 6.31. The van der Waals surface area contributed by atoms with Crippen molar-refractivity contribution in [3.8, 4) is 5.69 Å². The minimum absolute atomic E-state index is 0.133. The molecule has 4 rings (SSSR count). The van der Waals surface area contributed by atoms with Gasteiger partial charge >= 0.3 is 0 Å². The molecule has 120 valence electrons. The van der Waals surface area contributed by atoms with Gasteiger partial charge in [-0.1, -0.05) is 35.9 Å². The Kier molecular flexibility index (Phi) is 3.58. The maximum absolute atomic E-state index is 14.3. The first-order chi connectivity index (χ1) is 11.6. The van der Waals surface area contributed by atoms with Crippen LogP contribution < -0.4 is 5.32 Å². The molecular weight excluding hydrogens is 329 g/mol. The van der Waals surface area contributed by atoms with Crippen molar-refractivity contribution in [2.45, 2.75) is 12.3 Å². The van der Waals surface area contributed by atoms with Crippen molar-refractivity contribution in [3.63, 3.8) is 0 Å². The number of anilines is 1. The van der Waals surface area contributed by atoms with E-state index < -0.39 is 11.7 Å². The van der Waals surface area contributed by atoms with Crippen LogP contribution in [0.3, 0.4) is 0 Å². The summed E-state index contributed by atoms with van der Waals surface area (Å²) in [6.45, 7) is 0. The molecule has 1 aliphatic heterocycles. The van der Waals surface area contributed by atoms with E-state index >= 15 is 0 Å². The fraction of sp³-hybridized carbons (Fsp3) is 0.111. The molecule has 1 aliphatic rings. The third-order valence-corrected chi connectivity index (χ3v) is 4.50. The fourth-order valence-corrected chi connectivity index (χ4v) is 3.38. The smallest absolute Gasteiger partial charge is 0.226 e. The first-order valence-corrected chi connectivity index (χ1v) is 7.90. The highest BCUT2D eigenvalue weighted by Gasteiger charge is 2.33. The van der Waals surface area contributed by atoms with Crippen LogP contribution >= 0.6 is 11.6 Å². The Morgan fingerprint density at radius 2 is 1.96 bits per heavy atom. The number of nitrogens with one attached hydrogen (secondary N) is 1. The molecule has 0 saturated carbocycles. The van der Waals surface area contributed by atoms with E-state index in [1.165, 1.54) is 6.07 Å². The molecule has 0 spiro atoms. The molecule has 24 heavy (non-hydrogen) atoms. The number of amides is 1. The molecule has 3 aromatic rings. The molecule has 4 nitrogen and oxygen atoms in total. The molecule has 0 unspecified atom stereocenters. The second-order valence-corrected chi connectivity index (χ2v) is 6.04. The number of fused-ring (bicyclic) bond motifs is 1. The minimum Gasteiger partial charge on any atom is -0.310 e. The van der Waals surface area contributed by atoms with Crippen molar-refractivity contribution in [1.82, 2.24) is 9.78 Å². The van der Waals surface area contributed by atoms with Crippen molar-refractivity contribution in [3.05, 3.63) is 76.7 Å². The molecule has 1 amide bonds. The number of carbonyl (C=O) groups is 1. The second kappa shape index (κ2) is 5.76. The molecular formula is C18H13ClFN3O. The van der Waals surface area contributed by atoms with Gasteiger partial charge in [-0.2, -0.15) is 5.10 Å². The van der Waals surface area contributed by atoms with Gasteiger partial charge < -0.3 is 5.32 Å². The standard InChI is InChI=1S/C18H13ClFN3O/c19-14-7-4-8-15(20)17(14)12-9-16(24)22-18-13(12)10-21-23(18)11-5-2-1-3-6-11/h1-8,10,12H,9H2,(H,22,24)/t12-/m1/s1. The number of nitrogens with zero attached hydrogens (tertiary/aromatic N) is 2. The Morgan fingerprint density at radius 1 is 1.17 bits per heavy atom. The van der Waals surface area contributed by atoms with Crippen molar-refractivity contribution < 1.29 is 9.18 Å². The van der Waals surface area contributed by atoms with E-state index in [9.17, 15) is 9.18 Å². The number of carbonyl (C=O) groups excluding carboxylic acids is 1. The quantitative estimate of drug-likeness (QED) is 0.761. The van der Waals surface area contributed by atoms with E-state index in [-0.39, 0.29) is 12.3 Å². The van der Waals surface area contributed by atoms with Crippen LogP contribution in [-0.4, -0.2) is 15.7 Å². The molecule has 2 aromatic carbocycles. The topological polar surface area (TPSA) is 46.9 Å². The highest BCUT2D eigenvalue weighted by atomic mass is 35.5. The monoisotopic (exact) mass is 341 g/mol. The van der Waals surface area contributed by atoms with E-state index in [2.05, 4.69) is 10.4 Å². The zero-order chi connectivity index (χ0) is 16.7. The Balaban J connectivity index is 1.88. The number of rotatable bonds is 2. The van der Waals surface area contributed by atoms with Crippen LogP contribution in [0.25, 0.3) is 5.69 Å². The van der Waals surface area contributed by atoms with Crippen LogP contribution in [0.4, 0.5) is 10.2 Å². The molecule has 6 heteroatoms. The molecule has 1 aromatic heterocycles. The van der Waals surface area contributed by atoms with E-state index in [4.69, 9.17) is 11.6 Å². The average Bonchev–Trinajstić information content (AvgIpc) is 2.99. The first-order valence-electron chi connectivity index (χ1n) is 7.52. The van der Waals surface area contributed by atoms with Gasteiger partial charge in [0, 0.05) is 28.5 Å². The Morgan fingerprint density at radius 3 is 2.71 bits per heavy atom. The number of hydrogen-bond donors (Lipinski definition) is 1. The SMILES string of the molecule is O=C1C[C@@H](c2c(F)cccc2Cl)c2cnn(-c3ccccc3)c2N1. The summed E-state index contributed by atoms with van der Waals surface area (Å²) in [5, 5.41) is 7.53. The fourth-order valence-electron chi connectivity index (χ4n) is 3.09. The van der Waals surface area contributed by atoms with Crippen LogP contribution in [0.1, 0.15) is 23.5 Å². The van der Waals surface area contributed by atoms with Crippen LogP contribution in [0.2, 0.25) is 5.02 Å². The lowest BCUT2D eigenvalue weighted by Gasteiger charge is -2.24. The summed E-state index contributed by atoms with van der Waals surface area (Å²) in [6, 6.07) is 14.0. The van der Waals surface area contributed by atoms with Gasteiger partial charge in [0.15, 0.2) is 0 Å². The van der Waals surface area contributed by atoms with E-state index in [1.807, 2.05) is 30.3 Å². The molecule has 0 radical (unpaired) electrons. The molecule has 1 N–H and O–H groups in total. The predicted molar refractivity (Wildman–Crippen MR) is 90.1 cm³/mol. The lowest BCUT2D eigenvalue weighted by Crippen LogP contribution is -2.25. The normalized spacial score (nSPS) is 16.6. The number of halogens is 2. The van der Waals surface area contributed by atoms with Crippen molar-refractivity contribution in [1.29, 1.82) is 0 Å². The van der Waals surface area contributed by atoms with Gasteiger partial charge in [-0.25, -0.2) is 9.07 Å². The second-order valence-electron chi connectivity index (χ2n) is 5.64. The molecule has 0 fully saturated rings. The van der Waals surface area contributed by atoms with Crippen LogP contribution in [-0.2, 0) is 4.79 Å². The Hall–Kier alpha value is -2.66. The minimum atomic E-state index is -0.458. The largest absolute Gasteiger partial charge is 0.310 e. The molecule has 0 saturated heterocycles. The van der Waals surface area contributed by atoms with Gasteiger partial charge in [0.2, 0.25) is 5.91 Å².